The number of aromatic nitrogens is 1. The first-order chi connectivity index (χ1) is 13.3. The van der Waals surface area contributed by atoms with E-state index in [9.17, 15) is 10.2 Å². The van der Waals surface area contributed by atoms with Gasteiger partial charge in [0.25, 0.3) is 0 Å². The number of phenols is 2. The highest BCUT2D eigenvalue weighted by atomic mass is 35.5. The van der Waals surface area contributed by atoms with Crippen LogP contribution >= 0.6 is 34.5 Å². The monoisotopic (exact) mass is 433 g/mol. The summed E-state index contributed by atoms with van der Waals surface area (Å²) >= 11 is 13.6. The van der Waals surface area contributed by atoms with Crippen molar-refractivity contribution >= 4 is 40.8 Å². The molecule has 0 aliphatic carbocycles. The summed E-state index contributed by atoms with van der Waals surface area (Å²) < 4.78 is 1.69. The van der Waals surface area contributed by atoms with Crippen molar-refractivity contribution in [2.45, 2.75) is 6.92 Å². The molecule has 0 unspecified atom stereocenters. The number of nitrogens with zero attached hydrogens (tertiary/aromatic N) is 3. The zero-order chi connectivity index (χ0) is 20.3. The van der Waals surface area contributed by atoms with Crippen LogP contribution in [0.3, 0.4) is 0 Å². The van der Waals surface area contributed by atoms with Crippen LogP contribution in [0.15, 0.2) is 64.0 Å². The molecule has 1 aromatic heterocycles. The van der Waals surface area contributed by atoms with Gasteiger partial charge in [-0.2, -0.15) is 5.10 Å². The normalized spacial score (nSPS) is 12.0. The van der Waals surface area contributed by atoms with E-state index >= 15 is 0 Å². The van der Waals surface area contributed by atoms with Crippen LogP contribution in [0.25, 0.3) is 11.3 Å². The number of hydrogen-bond donors (Lipinski definition) is 2. The summed E-state index contributed by atoms with van der Waals surface area (Å²) in [6.45, 7) is 6.27. The van der Waals surface area contributed by atoms with Gasteiger partial charge in [-0.25, -0.2) is 4.68 Å². The Bertz CT molecular complexity index is 1130. The number of rotatable bonds is 5. The fourth-order valence-electron chi connectivity index (χ4n) is 2.32. The number of thiazole rings is 1. The maximum Gasteiger partial charge on any atom is 0.206 e. The Morgan fingerprint density at radius 1 is 1.14 bits per heavy atom. The highest BCUT2D eigenvalue weighted by Crippen LogP contribution is 2.29. The molecular weight excluding hydrogens is 417 g/mol. The molecular formula is C20H17Cl2N3O2S. The SMILES string of the molecule is C=C(C)CN=c1scc(-c2ccc(Cl)c(Cl)c2)n1N=Cc1ccc(O)c(O)c1. The molecule has 0 saturated heterocycles. The molecule has 3 aromatic rings. The van der Waals surface area contributed by atoms with E-state index < -0.39 is 0 Å². The fraction of sp³-hybridized carbons (Fsp3) is 0.100. The molecule has 1 heterocycles. The lowest BCUT2D eigenvalue weighted by atomic mass is 10.2. The lowest BCUT2D eigenvalue weighted by Crippen LogP contribution is -2.13. The minimum atomic E-state index is -0.212. The van der Waals surface area contributed by atoms with Crippen molar-refractivity contribution in [3.05, 3.63) is 74.3 Å². The number of phenolic OH excluding ortho intramolecular Hbond substituents is 2. The second-order valence-corrected chi connectivity index (χ2v) is 7.76. The largest absolute Gasteiger partial charge is 0.504 e. The van der Waals surface area contributed by atoms with Gasteiger partial charge in [0, 0.05) is 10.9 Å². The van der Waals surface area contributed by atoms with E-state index in [1.165, 1.54) is 23.5 Å². The van der Waals surface area contributed by atoms with Crippen molar-refractivity contribution in [1.82, 2.24) is 4.68 Å². The Morgan fingerprint density at radius 3 is 2.61 bits per heavy atom. The molecule has 2 N–H and O–H groups in total. The Balaban J connectivity index is 2.09. The number of aromatic hydroxyl groups is 2. The minimum Gasteiger partial charge on any atom is -0.504 e. The number of hydrogen-bond acceptors (Lipinski definition) is 5. The zero-order valence-corrected chi connectivity index (χ0v) is 17.3. The van der Waals surface area contributed by atoms with E-state index in [0.29, 0.717) is 27.0 Å². The summed E-state index contributed by atoms with van der Waals surface area (Å²) in [5, 5.41) is 26.5. The van der Waals surface area contributed by atoms with Gasteiger partial charge in [0.15, 0.2) is 11.5 Å². The molecule has 3 rings (SSSR count). The smallest absolute Gasteiger partial charge is 0.206 e. The Morgan fingerprint density at radius 2 is 1.93 bits per heavy atom. The third-order valence-corrected chi connectivity index (χ3v) is 5.30. The van der Waals surface area contributed by atoms with Gasteiger partial charge >= 0.3 is 0 Å². The molecule has 0 bridgehead atoms. The molecule has 0 aliphatic heterocycles. The van der Waals surface area contributed by atoms with Crippen molar-refractivity contribution in [3.63, 3.8) is 0 Å². The van der Waals surface area contributed by atoms with E-state index in [2.05, 4.69) is 16.7 Å². The number of benzene rings is 2. The van der Waals surface area contributed by atoms with Crippen molar-refractivity contribution in [3.8, 4) is 22.8 Å². The molecule has 8 heteroatoms. The van der Waals surface area contributed by atoms with Crippen LogP contribution in [-0.2, 0) is 0 Å². The van der Waals surface area contributed by atoms with Gasteiger partial charge in [0.2, 0.25) is 4.80 Å². The van der Waals surface area contributed by atoms with Crippen LogP contribution in [0.5, 0.6) is 11.5 Å². The van der Waals surface area contributed by atoms with Gasteiger partial charge in [0.05, 0.1) is 28.5 Å². The molecule has 0 radical (unpaired) electrons. The van der Waals surface area contributed by atoms with Crippen LogP contribution in [0, 0.1) is 0 Å². The second-order valence-electron chi connectivity index (χ2n) is 6.11. The summed E-state index contributed by atoms with van der Waals surface area (Å²) in [6, 6.07) is 9.84. The maximum absolute atomic E-state index is 9.67. The van der Waals surface area contributed by atoms with Gasteiger partial charge in [-0.3, -0.25) is 4.99 Å². The summed E-state index contributed by atoms with van der Waals surface area (Å²) in [7, 11) is 0. The zero-order valence-electron chi connectivity index (χ0n) is 14.9. The van der Waals surface area contributed by atoms with Gasteiger partial charge < -0.3 is 10.2 Å². The fourth-order valence-corrected chi connectivity index (χ4v) is 3.46. The van der Waals surface area contributed by atoms with Gasteiger partial charge in [-0.15, -0.1) is 11.3 Å². The van der Waals surface area contributed by atoms with Crippen molar-refractivity contribution in [1.29, 1.82) is 0 Å². The lowest BCUT2D eigenvalue weighted by molar-refractivity contribution is 0.403. The first-order valence-electron chi connectivity index (χ1n) is 8.22. The molecule has 0 atom stereocenters. The molecule has 144 valence electrons. The maximum atomic E-state index is 9.67. The summed E-state index contributed by atoms with van der Waals surface area (Å²) in [5.74, 6) is -0.398. The highest BCUT2D eigenvalue weighted by molar-refractivity contribution is 7.07. The molecule has 0 amide bonds. The molecule has 0 fully saturated rings. The first-order valence-corrected chi connectivity index (χ1v) is 9.86. The van der Waals surface area contributed by atoms with Crippen molar-refractivity contribution in [2.24, 2.45) is 10.1 Å². The quantitative estimate of drug-likeness (QED) is 0.325. The highest BCUT2D eigenvalue weighted by Gasteiger charge is 2.10. The molecule has 28 heavy (non-hydrogen) atoms. The summed E-state index contributed by atoms with van der Waals surface area (Å²) in [5.41, 5.74) is 3.19. The van der Waals surface area contributed by atoms with Crippen LogP contribution < -0.4 is 4.80 Å². The Hall–Kier alpha value is -2.54. The minimum absolute atomic E-state index is 0.186. The summed E-state index contributed by atoms with van der Waals surface area (Å²) in [6.07, 6.45) is 1.58. The predicted molar refractivity (Wildman–Crippen MR) is 116 cm³/mol. The molecule has 0 saturated carbocycles. The van der Waals surface area contributed by atoms with Crippen LogP contribution in [-0.4, -0.2) is 27.6 Å². The predicted octanol–water partition coefficient (Wildman–Crippen LogP) is 5.29. The van der Waals surface area contributed by atoms with Crippen molar-refractivity contribution < 1.29 is 10.2 Å². The van der Waals surface area contributed by atoms with E-state index in [1.54, 1.807) is 29.1 Å². The second kappa shape index (κ2) is 8.65. The standard InChI is InChI=1S/C20H17Cl2N3O2S/c1-12(2)9-23-20-25(24-10-13-3-6-18(26)19(27)7-13)17(11-28-20)14-4-5-15(21)16(22)8-14/h3-8,10-11,26-27H,1,9H2,2H3. The average Bonchev–Trinajstić information content (AvgIpc) is 3.06. The van der Waals surface area contributed by atoms with Crippen LogP contribution in [0.4, 0.5) is 0 Å². The van der Waals surface area contributed by atoms with Crippen LogP contribution in [0.2, 0.25) is 10.0 Å². The summed E-state index contributed by atoms with van der Waals surface area (Å²) in [4.78, 5) is 5.24. The number of halogens is 2. The van der Waals surface area contributed by atoms with Gasteiger partial charge in [-0.1, -0.05) is 41.4 Å². The topological polar surface area (TPSA) is 70.1 Å². The van der Waals surface area contributed by atoms with Gasteiger partial charge in [0.1, 0.15) is 0 Å². The van der Waals surface area contributed by atoms with E-state index in [4.69, 9.17) is 23.2 Å². The average molecular weight is 434 g/mol. The Labute approximate surface area is 176 Å². The van der Waals surface area contributed by atoms with Crippen LogP contribution in [0.1, 0.15) is 12.5 Å². The molecule has 0 spiro atoms. The third kappa shape index (κ3) is 4.65. The lowest BCUT2D eigenvalue weighted by Gasteiger charge is -2.05. The van der Waals surface area contributed by atoms with E-state index in [1.807, 2.05) is 18.4 Å². The third-order valence-electron chi connectivity index (χ3n) is 3.71. The first kappa shape index (κ1) is 20.2. The molecule has 2 aromatic carbocycles. The Kier molecular flexibility index (Phi) is 6.24. The van der Waals surface area contributed by atoms with E-state index in [0.717, 1.165) is 16.8 Å². The van der Waals surface area contributed by atoms with Crippen molar-refractivity contribution in [2.75, 3.05) is 6.54 Å². The van der Waals surface area contributed by atoms with E-state index in [-0.39, 0.29) is 11.5 Å². The molecule has 0 aliphatic rings. The van der Waals surface area contributed by atoms with Gasteiger partial charge in [-0.05, 0) is 42.8 Å². The molecule has 5 nitrogen and oxygen atoms in total.